The summed E-state index contributed by atoms with van der Waals surface area (Å²) in [6.45, 7) is 5.60. The van der Waals surface area contributed by atoms with Crippen LogP contribution in [0.4, 0.5) is 0 Å². The molecular weight excluding hydrogens is 484 g/mol. The highest BCUT2D eigenvalue weighted by Gasteiger charge is 2.24. The SMILES string of the molecule is CCCOc1ccc(S(=O)(=O)N(C)CCN(C)CCO)cc1-c1nc2c(CCC)nn(C)c2c(=O)[nH]1. The summed E-state index contributed by atoms with van der Waals surface area (Å²) in [7, 11) is 1.21. The molecule has 0 bridgehead atoms. The number of fused-ring (bicyclic) bond motifs is 1. The van der Waals surface area contributed by atoms with E-state index in [0.717, 1.165) is 12.8 Å². The van der Waals surface area contributed by atoms with Crippen LogP contribution >= 0.6 is 0 Å². The Morgan fingerprint density at radius 1 is 1.14 bits per heavy atom. The lowest BCUT2D eigenvalue weighted by atomic mass is 10.1. The van der Waals surface area contributed by atoms with Gasteiger partial charge < -0.3 is 19.7 Å². The number of aromatic nitrogens is 4. The van der Waals surface area contributed by atoms with Gasteiger partial charge in [-0.2, -0.15) is 9.40 Å². The number of hydrogen-bond acceptors (Lipinski definition) is 8. The van der Waals surface area contributed by atoms with Crippen LogP contribution in [0, 0.1) is 0 Å². The summed E-state index contributed by atoms with van der Waals surface area (Å²) in [5, 5.41) is 13.5. The van der Waals surface area contributed by atoms with E-state index < -0.39 is 10.0 Å². The van der Waals surface area contributed by atoms with Gasteiger partial charge in [0.15, 0.2) is 5.52 Å². The second-order valence-corrected chi connectivity index (χ2v) is 10.8. The first-order valence-electron chi connectivity index (χ1n) is 12.1. The lowest BCUT2D eigenvalue weighted by molar-refractivity contribution is 0.216. The number of aryl methyl sites for hydroxylation is 2. The minimum Gasteiger partial charge on any atom is -0.493 e. The number of H-pyrrole nitrogens is 1. The first-order valence-corrected chi connectivity index (χ1v) is 13.6. The molecule has 0 unspecified atom stereocenters. The minimum absolute atomic E-state index is 0.00198. The summed E-state index contributed by atoms with van der Waals surface area (Å²) in [5.41, 5.74) is 1.62. The average molecular weight is 521 g/mol. The average Bonchev–Trinajstić information content (AvgIpc) is 3.16. The van der Waals surface area contributed by atoms with Gasteiger partial charge in [0.2, 0.25) is 10.0 Å². The Morgan fingerprint density at radius 3 is 2.56 bits per heavy atom. The zero-order chi connectivity index (χ0) is 26.5. The van der Waals surface area contributed by atoms with Gasteiger partial charge in [0.05, 0.1) is 29.4 Å². The van der Waals surface area contributed by atoms with Crippen LogP contribution in [-0.4, -0.2) is 89.4 Å². The Bertz CT molecular complexity index is 1350. The fraction of sp³-hybridized carbons (Fsp3) is 0.542. The first kappa shape index (κ1) is 27.8. The van der Waals surface area contributed by atoms with Crippen molar-refractivity contribution >= 4 is 21.1 Å². The molecule has 2 N–H and O–H groups in total. The van der Waals surface area contributed by atoms with E-state index in [1.165, 1.54) is 28.2 Å². The lowest BCUT2D eigenvalue weighted by Gasteiger charge is -2.22. The Labute approximate surface area is 211 Å². The molecule has 0 aliphatic rings. The van der Waals surface area contributed by atoms with Gasteiger partial charge in [-0.3, -0.25) is 9.48 Å². The number of aliphatic hydroxyl groups excluding tert-OH is 1. The molecule has 0 fully saturated rings. The zero-order valence-electron chi connectivity index (χ0n) is 21.6. The van der Waals surface area contributed by atoms with E-state index in [0.29, 0.717) is 54.2 Å². The number of ether oxygens (including phenoxy) is 1. The topological polar surface area (TPSA) is 134 Å². The van der Waals surface area contributed by atoms with E-state index in [2.05, 4.69) is 10.1 Å². The van der Waals surface area contributed by atoms with Crippen molar-refractivity contribution in [3.63, 3.8) is 0 Å². The molecule has 1 aromatic carbocycles. The summed E-state index contributed by atoms with van der Waals surface area (Å²) in [5.74, 6) is 0.663. The van der Waals surface area contributed by atoms with Crippen molar-refractivity contribution in [3.05, 3.63) is 34.2 Å². The van der Waals surface area contributed by atoms with E-state index in [4.69, 9.17) is 14.8 Å². The number of likely N-dealkylation sites (N-methyl/N-ethyl adjacent to an activating group) is 2. The molecule has 0 aliphatic carbocycles. The van der Waals surface area contributed by atoms with E-state index in [1.54, 1.807) is 13.1 Å². The quantitative estimate of drug-likeness (QED) is 0.347. The van der Waals surface area contributed by atoms with Gasteiger partial charge in [0.1, 0.15) is 17.1 Å². The third-order valence-electron chi connectivity index (χ3n) is 5.90. The van der Waals surface area contributed by atoms with Gasteiger partial charge in [-0.05, 0) is 38.1 Å². The van der Waals surface area contributed by atoms with Crippen molar-refractivity contribution in [2.24, 2.45) is 7.05 Å². The Morgan fingerprint density at radius 2 is 1.89 bits per heavy atom. The van der Waals surface area contributed by atoms with Gasteiger partial charge in [-0.15, -0.1) is 0 Å². The highest BCUT2D eigenvalue weighted by atomic mass is 32.2. The fourth-order valence-corrected chi connectivity index (χ4v) is 5.05. The molecule has 0 amide bonds. The summed E-state index contributed by atoms with van der Waals surface area (Å²) in [6.07, 6.45) is 2.26. The summed E-state index contributed by atoms with van der Waals surface area (Å²) < 4.78 is 35.4. The van der Waals surface area contributed by atoms with E-state index in [1.807, 2.05) is 25.8 Å². The molecule has 2 aromatic heterocycles. The van der Waals surface area contributed by atoms with Crippen LogP contribution in [0.3, 0.4) is 0 Å². The first-order chi connectivity index (χ1) is 17.1. The number of rotatable bonds is 13. The molecular formula is C24H36N6O5S. The van der Waals surface area contributed by atoms with E-state index in [-0.39, 0.29) is 29.4 Å². The van der Waals surface area contributed by atoms with Crippen LogP contribution < -0.4 is 10.3 Å². The minimum atomic E-state index is -3.83. The van der Waals surface area contributed by atoms with Gasteiger partial charge in [-0.1, -0.05) is 20.3 Å². The number of nitrogens with zero attached hydrogens (tertiary/aromatic N) is 5. The van der Waals surface area contributed by atoms with Crippen molar-refractivity contribution in [2.75, 3.05) is 46.9 Å². The highest BCUT2D eigenvalue weighted by Crippen LogP contribution is 2.32. The maximum atomic E-state index is 13.3. The van der Waals surface area contributed by atoms with Gasteiger partial charge in [0.25, 0.3) is 5.56 Å². The molecule has 0 spiro atoms. The Kier molecular flexibility index (Phi) is 9.23. The monoisotopic (exact) mass is 520 g/mol. The van der Waals surface area contributed by atoms with Crippen LogP contribution in [0.1, 0.15) is 32.4 Å². The molecule has 12 heteroatoms. The van der Waals surface area contributed by atoms with E-state index >= 15 is 0 Å². The highest BCUT2D eigenvalue weighted by molar-refractivity contribution is 7.89. The molecule has 198 valence electrons. The maximum absolute atomic E-state index is 13.3. The zero-order valence-corrected chi connectivity index (χ0v) is 22.4. The number of hydrogen-bond donors (Lipinski definition) is 2. The maximum Gasteiger partial charge on any atom is 0.277 e. The molecule has 0 aliphatic heterocycles. The number of sulfonamides is 1. The molecule has 0 saturated carbocycles. The Balaban J connectivity index is 2.09. The standard InChI is InChI=1S/C24H36N6O5S/c1-6-8-19-21-22(30(5)27-19)24(32)26-23(25-21)18-16-17(9-10-20(18)35-15-7-2)36(33,34)29(4)12-11-28(3)13-14-31/h9-10,16,31H,6-8,11-15H2,1-5H3,(H,25,26,32). The van der Waals surface area contributed by atoms with Gasteiger partial charge in [0, 0.05) is 33.7 Å². The molecule has 0 radical (unpaired) electrons. The van der Waals surface area contributed by atoms with E-state index in [9.17, 15) is 13.2 Å². The van der Waals surface area contributed by atoms with Crippen LogP contribution in [0.15, 0.2) is 27.9 Å². The van der Waals surface area contributed by atoms with Crippen LogP contribution in [0.5, 0.6) is 5.75 Å². The van der Waals surface area contributed by atoms with Crippen LogP contribution in [0.25, 0.3) is 22.4 Å². The predicted octanol–water partition coefficient (Wildman–Crippen LogP) is 1.61. The number of aromatic amines is 1. The second kappa shape index (κ2) is 12.0. The molecule has 0 saturated heterocycles. The third-order valence-corrected chi connectivity index (χ3v) is 7.76. The number of benzene rings is 1. The van der Waals surface area contributed by atoms with Crippen LogP contribution in [0.2, 0.25) is 0 Å². The predicted molar refractivity (Wildman–Crippen MR) is 139 cm³/mol. The van der Waals surface area contributed by atoms with Gasteiger partial charge >= 0.3 is 0 Å². The third kappa shape index (κ3) is 5.94. The molecule has 11 nitrogen and oxygen atoms in total. The summed E-state index contributed by atoms with van der Waals surface area (Å²) in [4.78, 5) is 22.4. The van der Waals surface area contributed by atoms with Crippen molar-refractivity contribution in [1.29, 1.82) is 0 Å². The fourth-order valence-electron chi connectivity index (χ4n) is 3.87. The van der Waals surface area contributed by atoms with Crippen molar-refractivity contribution in [3.8, 4) is 17.1 Å². The second-order valence-electron chi connectivity index (χ2n) is 8.79. The van der Waals surface area contributed by atoms with Crippen LogP contribution in [-0.2, 0) is 23.5 Å². The smallest absolute Gasteiger partial charge is 0.277 e. The number of nitrogens with one attached hydrogen (secondary N) is 1. The molecule has 3 rings (SSSR count). The van der Waals surface area contributed by atoms with Crippen molar-refractivity contribution in [1.82, 2.24) is 29.0 Å². The summed E-state index contributed by atoms with van der Waals surface area (Å²) >= 11 is 0. The van der Waals surface area contributed by atoms with Crippen molar-refractivity contribution < 1.29 is 18.3 Å². The molecule has 2 heterocycles. The largest absolute Gasteiger partial charge is 0.493 e. The van der Waals surface area contributed by atoms with Crippen molar-refractivity contribution in [2.45, 2.75) is 38.0 Å². The number of aliphatic hydroxyl groups is 1. The molecule has 0 atom stereocenters. The van der Waals surface area contributed by atoms with Gasteiger partial charge in [-0.25, -0.2) is 13.4 Å². The summed E-state index contributed by atoms with van der Waals surface area (Å²) in [6, 6.07) is 4.60. The molecule has 36 heavy (non-hydrogen) atoms. The normalized spacial score (nSPS) is 12.2. The molecule has 3 aromatic rings. The lowest BCUT2D eigenvalue weighted by Crippen LogP contribution is -2.35. The Hall–Kier alpha value is -2.80.